The Labute approximate surface area is 106 Å². The van der Waals surface area contributed by atoms with Gasteiger partial charge >= 0.3 is 0 Å². The van der Waals surface area contributed by atoms with Crippen LogP contribution in [-0.2, 0) is 0 Å². The van der Waals surface area contributed by atoms with Crippen LogP contribution < -0.4 is 10.2 Å². The molecule has 1 atom stereocenters. The van der Waals surface area contributed by atoms with E-state index in [2.05, 4.69) is 61.4 Å². The first-order valence-electron chi connectivity index (χ1n) is 6.71. The first-order valence-corrected chi connectivity index (χ1v) is 6.71. The predicted octanol–water partition coefficient (Wildman–Crippen LogP) is 3.15. The zero-order valence-corrected chi connectivity index (χ0v) is 11.4. The largest absolute Gasteiger partial charge is 0.375 e. The van der Waals surface area contributed by atoms with E-state index in [4.69, 9.17) is 0 Å². The van der Waals surface area contributed by atoms with Crippen molar-refractivity contribution < 1.29 is 0 Å². The van der Waals surface area contributed by atoms with Crippen LogP contribution >= 0.6 is 0 Å². The summed E-state index contributed by atoms with van der Waals surface area (Å²) >= 11 is 0. The minimum Gasteiger partial charge on any atom is -0.375 e. The van der Waals surface area contributed by atoms with Gasteiger partial charge in [0.25, 0.3) is 0 Å². The van der Waals surface area contributed by atoms with E-state index in [0.717, 1.165) is 25.6 Å². The van der Waals surface area contributed by atoms with Crippen LogP contribution in [0, 0.1) is 5.92 Å². The Balaban J connectivity index is 2.11. The van der Waals surface area contributed by atoms with Gasteiger partial charge in [0.15, 0.2) is 0 Å². The predicted molar refractivity (Wildman–Crippen MR) is 76.7 cm³/mol. The lowest BCUT2D eigenvalue weighted by Crippen LogP contribution is -2.26. The van der Waals surface area contributed by atoms with Gasteiger partial charge in [-0.05, 0) is 37.6 Å². The second-order valence-electron chi connectivity index (χ2n) is 4.83. The summed E-state index contributed by atoms with van der Waals surface area (Å²) in [6.45, 7) is 7.91. The summed E-state index contributed by atoms with van der Waals surface area (Å²) in [7, 11) is 2.16. The van der Waals surface area contributed by atoms with Crippen molar-refractivity contribution >= 4 is 5.69 Å². The van der Waals surface area contributed by atoms with E-state index >= 15 is 0 Å². The summed E-state index contributed by atoms with van der Waals surface area (Å²) < 4.78 is 0. The molecule has 1 unspecified atom stereocenters. The third-order valence-electron chi connectivity index (χ3n) is 3.23. The SMILES string of the molecule is CCC(C)CNCCCN(C)c1ccccc1. The zero-order chi connectivity index (χ0) is 12.5. The van der Waals surface area contributed by atoms with E-state index < -0.39 is 0 Å². The van der Waals surface area contributed by atoms with Crippen LogP contribution in [0.3, 0.4) is 0 Å². The van der Waals surface area contributed by atoms with Crippen LogP contribution in [0.25, 0.3) is 0 Å². The Morgan fingerprint density at radius 3 is 2.59 bits per heavy atom. The molecule has 1 aromatic carbocycles. The van der Waals surface area contributed by atoms with Crippen molar-refractivity contribution in [1.82, 2.24) is 5.32 Å². The number of rotatable bonds is 8. The topological polar surface area (TPSA) is 15.3 Å². The number of hydrogen-bond acceptors (Lipinski definition) is 2. The molecule has 1 N–H and O–H groups in total. The van der Waals surface area contributed by atoms with Crippen LogP contribution in [0.2, 0.25) is 0 Å². The van der Waals surface area contributed by atoms with E-state index in [9.17, 15) is 0 Å². The van der Waals surface area contributed by atoms with Crippen molar-refractivity contribution in [2.45, 2.75) is 26.7 Å². The third kappa shape index (κ3) is 5.73. The highest BCUT2D eigenvalue weighted by atomic mass is 15.1. The average molecular weight is 234 g/mol. The molecule has 0 saturated carbocycles. The quantitative estimate of drug-likeness (QED) is 0.695. The molecule has 96 valence electrons. The van der Waals surface area contributed by atoms with Crippen LogP contribution in [-0.4, -0.2) is 26.7 Å². The van der Waals surface area contributed by atoms with E-state index in [1.54, 1.807) is 0 Å². The molecule has 0 spiro atoms. The molecule has 0 aliphatic carbocycles. The van der Waals surface area contributed by atoms with Gasteiger partial charge in [0, 0.05) is 19.3 Å². The van der Waals surface area contributed by atoms with Crippen LogP contribution in [0.5, 0.6) is 0 Å². The number of nitrogens with one attached hydrogen (secondary N) is 1. The monoisotopic (exact) mass is 234 g/mol. The number of hydrogen-bond donors (Lipinski definition) is 1. The van der Waals surface area contributed by atoms with Gasteiger partial charge in [-0.2, -0.15) is 0 Å². The van der Waals surface area contributed by atoms with Gasteiger partial charge in [-0.15, -0.1) is 0 Å². The van der Waals surface area contributed by atoms with Gasteiger partial charge < -0.3 is 10.2 Å². The van der Waals surface area contributed by atoms with Gasteiger partial charge in [0.05, 0.1) is 0 Å². The van der Waals surface area contributed by atoms with Gasteiger partial charge in [-0.1, -0.05) is 38.5 Å². The van der Waals surface area contributed by atoms with Crippen molar-refractivity contribution in [3.05, 3.63) is 30.3 Å². The number of benzene rings is 1. The molecule has 1 rings (SSSR count). The van der Waals surface area contributed by atoms with Crippen molar-refractivity contribution in [3.63, 3.8) is 0 Å². The van der Waals surface area contributed by atoms with Gasteiger partial charge in [-0.25, -0.2) is 0 Å². The fraction of sp³-hybridized carbons (Fsp3) is 0.600. The fourth-order valence-corrected chi connectivity index (χ4v) is 1.75. The molecule has 0 amide bonds. The summed E-state index contributed by atoms with van der Waals surface area (Å²) in [4.78, 5) is 2.31. The molecule has 0 aromatic heterocycles. The van der Waals surface area contributed by atoms with Crippen LogP contribution in [0.15, 0.2) is 30.3 Å². The molecular weight excluding hydrogens is 208 g/mol. The van der Waals surface area contributed by atoms with Gasteiger partial charge in [0.2, 0.25) is 0 Å². The maximum atomic E-state index is 3.52. The Morgan fingerprint density at radius 1 is 1.24 bits per heavy atom. The van der Waals surface area contributed by atoms with Crippen LogP contribution in [0.1, 0.15) is 26.7 Å². The molecule has 2 nitrogen and oxygen atoms in total. The van der Waals surface area contributed by atoms with Crippen molar-refractivity contribution in [2.75, 3.05) is 31.6 Å². The lowest BCUT2D eigenvalue weighted by molar-refractivity contribution is 0.496. The highest BCUT2D eigenvalue weighted by Crippen LogP contribution is 2.10. The molecule has 17 heavy (non-hydrogen) atoms. The highest BCUT2D eigenvalue weighted by molar-refractivity contribution is 5.44. The lowest BCUT2D eigenvalue weighted by Gasteiger charge is -2.19. The second kappa shape index (κ2) is 8.13. The highest BCUT2D eigenvalue weighted by Gasteiger charge is 2.00. The Bertz CT molecular complexity index is 284. The van der Waals surface area contributed by atoms with Crippen molar-refractivity contribution in [1.29, 1.82) is 0 Å². The fourth-order valence-electron chi connectivity index (χ4n) is 1.75. The molecular formula is C15H26N2. The first kappa shape index (κ1) is 14.0. The van der Waals surface area contributed by atoms with Crippen molar-refractivity contribution in [2.24, 2.45) is 5.92 Å². The molecule has 0 aliphatic rings. The Hall–Kier alpha value is -1.02. The zero-order valence-electron chi connectivity index (χ0n) is 11.4. The molecule has 0 fully saturated rings. The first-order chi connectivity index (χ1) is 8.24. The normalized spacial score (nSPS) is 12.4. The second-order valence-corrected chi connectivity index (χ2v) is 4.83. The number of anilines is 1. The molecule has 1 aromatic rings. The summed E-state index contributed by atoms with van der Waals surface area (Å²) in [6, 6.07) is 10.6. The standard InChI is InChI=1S/C15H26N2/c1-4-14(2)13-16-11-8-12-17(3)15-9-6-5-7-10-15/h5-7,9-10,14,16H,4,8,11-13H2,1-3H3. The molecule has 0 aliphatic heterocycles. The van der Waals surface area contributed by atoms with E-state index in [1.807, 2.05) is 0 Å². The van der Waals surface area contributed by atoms with E-state index in [-0.39, 0.29) is 0 Å². The number of para-hydroxylation sites is 1. The third-order valence-corrected chi connectivity index (χ3v) is 3.23. The molecule has 0 saturated heterocycles. The summed E-state index contributed by atoms with van der Waals surface area (Å²) in [6.07, 6.45) is 2.46. The van der Waals surface area contributed by atoms with Gasteiger partial charge in [-0.3, -0.25) is 0 Å². The van der Waals surface area contributed by atoms with Gasteiger partial charge in [0.1, 0.15) is 0 Å². The van der Waals surface area contributed by atoms with E-state index in [0.29, 0.717) is 0 Å². The van der Waals surface area contributed by atoms with Crippen LogP contribution in [0.4, 0.5) is 5.69 Å². The molecule has 0 heterocycles. The molecule has 0 radical (unpaired) electrons. The summed E-state index contributed by atoms with van der Waals surface area (Å²) in [5.41, 5.74) is 1.30. The maximum absolute atomic E-state index is 3.52. The Kier molecular flexibility index (Phi) is 6.71. The summed E-state index contributed by atoms with van der Waals surface area (Å²) in [5.74, 6) is 0.793. The van der Waals surface area contributed by atoms with Crippen molar-refractivity contribution in [3.8, 4) is 0 Å². The maximum Gasteiger partial charge on any atom is 0.0363 e. The minimum absolute atomic E-state index is 0.793. The number of nitrogens with zero attached hydrogens (tertiary/aromatic N) is 1. The lowest BCUT2D eigenvalue weighted by atomic mass is 10.1. The average Bonchev–Trinajstić information content (AvgIpc) is 2.38. The smallest absolute Gasteiger partial charge is 0.0363 e. The molecule has 0 bridgehead atoms. The summed E-state index contributed by atoms with van der Waals surface area (Å²) in [5, 5.41) is 3.52. The Morgan fingerprint density at radius 2 is 1.94 bits per heavy atom. The molecule has 2 heteroatoms. The van der Waals surface area contributed by atoms with E-state index in [1.165, 1.54) is 18.5 Å². The minimum atomic E-state index is 0.793.